The highest BCUT2D eigenvalue weighted by Crippen LogP contribution is 2.45. The Labute approximate surface area is 179 Å². The van der Waals surface area contributed by atoms with E-state index in [1.165, 1.54) is 0 Å². The average Bonchev–Trinajstić information content (AvgIpc) is 3.24. The highest BCUT2D eigenvalue weighted by atomic mass is 16.6. The van der Waals surface area contributed by atoms with Gasteiger partial charge in [0.1, 0.15) is 12.2 Å². The van der Waals surface area contributed by atoms with E-state index in [0.29, 0.717) is 19.3 Å². The van der Waals surface area contributed by atoms with E-state index in [-0.39, 0.29) is 37.6 Å². The number of allylic oxidation sites excluding steroid dienone is 2. The van der Waals surface area contributed by atoms with Crippen LogP contribution in [0.15, 0.2) is 24.0 Å². The summed E-state index contributed by atoms with van der Waals surface area (Å²) in [6.45, 7) is 1.36. The number of rotatable bonds is 13. The molecular formula is C23H38O7. The van der Waals surface area contributed by atoms with E-state index in [9.17, 15) is 15.0 Å². The van der Waals surface area contributed by atoms with Crippen LogP contribution in [-0.4, -0.2) is 64.0 Å². The van der Waals surface area contributed by atoms with Crippen LogP contribution in [-0.2, 0) is 14.3 Å². The van der Waals surface area contributed by atoms with Crippen LogP contribution in [0.4, 0.5) is 0 Å². The van der Waals surface area contributed by atoms with Gasteiger partial charge in [0.05, 0.1) is 31.2 Å². The van der Waals surface area contributed by atoms with Crippen molar-refractivity contribution in [1.82, 2.24) is 0 Å². The van der Waals surface area contributed by atoms with Gasteiger partial charge in [-0.3, -0.25) is 4.79 Å². The zero-order chi connectivity index (χ0) is 21.9. The second-order valence-electron chi connectivity index (χ2n) is 8.39. The molecule has 1 saturated heterocycles. The first kappa shape index (κ1) is 24.9. The lowest BCUT2D eigenvalue weighted by molar-refractivity contribution is -0.153. The molecule has 7 heteroatoms. The molecule has 1 heterocycles. The number of carbonyl (C=O) groups excluding carboxylic acids is 1. The molecule has 0 unspecified atom stereocenters. The average molecular weight is 427 g/mol. The first-order valence-electron chi connectivity index (χ1n) is 11.3. The van der Waals surface area contributed by atoms with E-state index in [1.807, 2.05) is 18.2 Å². The van der Waals surface area contributed by atoms with Gasteiger partial charge >= 0.3 is 5.97 Å². The van der Waals surface area contributed by atoms with Gasteiger partial charge in [0, 0.05) is 31.1 Å². The molecule has 4 N–H and O–H groups in total. The molecule has 2 fully saturated rings. The quantitative estimate of drug-likeness (QED) is 0.203. The van der Waals surface area contributed by atoms with E-state index < -0.39 is 24.3 Å². The van der Waals surface area contributed by atoms with Gasteiger partial charge in [-0.2, -0.15) is 0 Å². The van der Waals surface area contributed by atoms with Crippen LogP contribution in [0.1, 0.15) is 64.7 Å². The fourth-order valence-electron chi connectivity index (χ4n) is 4.23. The SMILES string of the molecule is CCCCC[C@H](O)/C=C/[C@@H]1[C@H]2C/C(=C/CCCC(=O)OC(CO)CO)O[C@H]2C[C@H]1O. The summed E-state index contributed by atoms with van der Waals surface area (Å²) in [5.74, 6) is 0.669. The number of esters is 1. The van der Waals surface area contributed by atoms with E-state index in [0.717, 1.165) is 37.9 Å². The van der Waals surface area contributed by atoms with E-state index in [4.69, 9.17) is 19.7 Å². The summed E-state index contributed by atoms with van der Waals surface area (Å²) in [5.41, 5.74) is 0. The number of fused-ring (bicyclic) bond motifs is 1. The Balaban J connectivity index is 1.75. The molecule has 172 valence electrons. The number of aliphatic hydroxyl groups is 4. The second kappa shape index (κ2) is 13.1. The van der Waals surface area contributed by atoms with Gasteiger partial charge in [-0.1, -0.05) is 38.3 Å². The third kappa shape index (κ3) is 7.69. The Hall–Kier alpha value is -1.41. The number of aliphatic hydroxyl groups excluding tert-OH is 4. The molecule has 0 aromatic carbocycles. The van der Waals surface area contributed by atoms with Crippen LogP contribution in [0, 0.1) is 11.8 Å². The fourth-order valence-corrected chi connectivity index (χ4v) is 4.23. The summed E-state index contributed by atoms with van der Waals surface area (Å²) in [6.07, 6.45) is 10.9. The maximum atomic E-state index is 11.7. The Morgan fingerprint density at radius 2 is 2.03 bits per heavy atom. The maximum Gasteiger partial charge on any atom is 0.306 e. The van der Waals surface area contributed by atoms with Crippen LogP contribution in [0.25, 0.3) is 0 Å². The van der Waals surface area contributed by atoms with Crippen molar-refractivity contribution in [3.63, 3.8) is 0 Å². The number of carbonyl (C=O) groups is 1. The van der Waals surface area contributed by atoms with Gasteiger partial charge in [-0.15, -0.1) is 0 Å². The molecule has 0 amide bonds. The summed E-state index contributed by atoms with van der Waals surface area (Å²) >= 11 is 0. The summed E-state index contributed by atoms with van der Waals surface area (Å²) in [7, 11) is 0. The number of hydrogen-bond donors (Lipinski definition) is 4. The highest BCUT2D eigenvalue weighted by Gasteiger charge is 2.46. The first-order chi connectivity index (χ1) is 14.5. The molecular weight excluding hydrogens is 388 g/mol. The fraction of sp³-hybridized carbons (Fsp3) is 0.783. The van der Waals surface area contributed by atoms with Crippen molar-refractivity contribution in [2.45, 2.75) is 89.1 Å². The molecule has 0 bridgehead atoms. The molecule has 7 nitrogen and oxygen atoms in total. The van der Waals surface area contributed by atoms with Crippen molar-refractivity contribution in [2.24, 2.45) is 11.8 Å². The lowest BCUT2D eigenvalue weighted by Crippen LogP contribution is -2.25. The van der Waals surface area contributed by atoms with E-state index in [2.05, 4.69) is 6.92 Å². The molecule has 1 aliphatic carbocycles. The van der Waals surface area contributed by atoms with Gasteiger partial charge in [0.15, 0.2) is 0 Å². The van der Waals surface area contributed by atoms with Crippen LogP contribution >= 0.6 is 0 Å². The zero-order valence-electron chi connectivity index (χ0n) is 18.0. The smallest absolute Gasteiger partial charge is 0.306 e. The van der Waals surface area contributed by atoms with Gasteiger partial charge in [0.2, 0.25) is 0 Å². The van der Waals surface area contributed by atoms with Crippen LogP contribution < -0.4 is 0 Å². The predicted molar refractivity (Wildman–Crippen MR) is 112 cm³/mol. The third-order valence-electron chi connectivity index (χ3n) is 5.95. The molecule has 2 aliphatic rings. The lowest BCUT2D eigenvalue weighted by Gasteiger charge is -2.16. The molecule has 5 atom stereocenters. The lowest BCUT2D eigenvalue weighted by atomic mass is 9.90. The minimum atomic E-state index is -0.852. The molecule has 1 aliphatic heterocycles. The Kier molecular flexibility index (Phi) is 10.9. The Bertz CT molecular complexity index is 570. The molecule has 2 rings (SSSR count). The van der Waals surface area contributed by atoms with Gasteiger partial charge in [-0.25, -0.2) is 0 Å². The zero-order valence-corrected chi connectivity index (χ0v) is 18.0. The Morgan fingerprint density at radius 3 is 2.73 bits per heavy atom. The number of ether oxygens (including phenoxy) is 2. The van der Waals surface area contributed by atoms with Crippen molar-refractivity contribution < 1.29 is 34.7 Å². The summed E-state index contributed by atoms with van der Waals surface area (Å²) in [6, 6.07) is 0. The van der Waals surface area contributed by atoms with Crippen molar-refractivity contribution >= 4 is 5.97 Å². The third-order valence-corrected chi connectivity index (χ3v) is 5.95. The normalized spacial score (nSPS) is 28.3. The van der Waals surface area contributed by atoms with Crippen molar-refractivity contribution in [2.75, 3.05) is 13.2 Å². The van der Waals surface area contributed by atoms with Crippen molar-refractivity contribution in [3.8, 4) is 0 Å². The monoisotopic (exact) mass is 426 g/mol. The molecule has 0 aromatic rings. The number of hydrogen-bond acceptors (Lipinski definition) is 7. The largest absolute Gasteiger partial charge is 0.495 e. The molecule has 0 radical (unpaired) electrons. The topological polar surface area (TPSA) is 116 Å². The van der Waals surface area contributed by atoms with Crippen LogP contribution in [0.5, 0.6) is 0 Å². The van der Waals surface area contributed by atoms with Crippen LogP contribution in [0.3, 0.4) is 0 Å². The molecule has 1 saturated carbocycles. The summed E-state index contributed by atoms with van der Waals surface area (Å²) in [4.78, 5) is 11.7. The highest BCUT2D eigenvalue weighted by molar-refractivity contribution is 5.69. The van der Waals surface area contributed by atoms with Gasteiger partial charge in [0.25, 0.3) is 0 Å². The van der Waals surface area contributed by atoms with Crippen molar-refractivity contribution in [3.05, 3.63) is 24.0 Å². The molecule has 30 heavy (non-hydrogen) atoms. The van der Waals surface area contributed by atoms with E-state index >= 15 is 0 Å². The van der Waals surface area contributed by atoms with E-state index in [1.54, 1.807) is 0 Å². The maximum absolute atomic E-state index is 11.7. The minimum absolute atomic E-state index is 0.00188. The van der Waals surface area contributed by atoms with Gasteiger partial charge in [-0.05, 0) is 25.3 Å². The number of unbranched alkanes of at least 4 members (excludes halogenated alkanes) is 3. The summed E-state index contributed by atoms with van der Waals surface area (Å²) < 4.78 is 10.9. The first-order valence-corrected chi connectivity index (χ1v) is 11.3. The molecule has 0 aromatic heterocycles. The Morgan fingerprint density at radius 1 is 1.27 bits per heavy atom. The van der Waals surface area contributed by atoms with Crippen molar-refractivity contribution in [1.29, 1.82) is 0 Å². The van der Waals surface area contributed by atoms with Crippen LogP contribution in [0.2, 0.25) is 0 Å². The predicted octanol–water partition coefficient (Wildman–Crippen LogP) is 2.22. The second-order valence-corrected chi connectivity index (χ2v) is 8.39. The standard InChI is InChI=1S/C23H38O7/c1-2-3-4-7-16(26)10-11-19-20-12-17(29-22(20)13-21(19)27)8-5-6-9-23(28)30-18(14-24)15-25/h8,10-11,16,18-22,24-27H,2-7,9,12-15H2,1H3/b11-10+,17-8-/t16-,19+,20+,21+,22-/m0/s1. The minimum Gasteiger partial charge on any atom is -0.495 e. The summed E-state index contributed by atoms with van der Waals surface area (Å²) in [5, 5.41) is 38.3. The molecule has 0 spiro atoms. The van der Waals surface area contributed by atoms with Gasteiger partial charge < -0.3 is 29.9 Å².